The summed E-state index contributed by atoms with van der Waals surface area (Å²) in [5.41, 5.74) is 0.609. The molecule has 1 rings (SSSR count). The molecule has 0 aliphatic heterocycles. The fourth-order valence-electron chi connectivity index (χ4n) is 1.52. The van der Waals surface area contributed by atoms with Crippen molar-refractivity contribution in [2.45, 2.75) is 20.4 Å². The van der Waals surface area contributed by atoms with Crippen LogP contribution < -0.4 is 0 Å². The summed E-state index contributed by atoms with van der Waals surface area (Å²) in [5, 5.41) is 19.9. The molecule has 0 saturated heterocycles. The number of phenols is 1. The van der Waals surface area contributed by atoms with E-state index < -0.39 is 4.92 Å². The molecular weight excluding hydrogens is 208 g/mol. The van der Waals surface area contributed by atoms with Crippen LogP contribution in [0.5, 0.6) is 5.75 Å². The topological polar surface area (TPSA) is 66.6 Å². The maximum atomic E-state index is 10.6. The molecule has 0 heterocycles. The van der Waals surface area contributed by atoms with Crippen molar-refractivity contribution in [1.82, 2.24) is 4.90 Å². The molecule has 0 saturated carbocycles. The van der Waals surface area contributed by atoms with E-state index in [0.717, 1.165) is 18.7 Å². The molecule has 5 nitrogen and oxygen atoms in total. The number of nitrogens with zero attached hydrogens (tertiary/aromatic N) is 2. The van der Waals surface area contributed by atoms with Crippen LogP contribution in [0.25, 0.3) is 0 Å². The van der Waals surface area contributed by atoms with E-state index in [1.54, 1.807) is 6.07 Å². The van der Waals surface area contributed by atoms with E-state index in [2.05, 4.69) is 4.90 Å². The molecule has 88 valence electrons. The van der Waals surface area contributed by atoms with Crippen LogP contribution in [0.4, 0.5) is 5.69 Å². The number of nitro groups is 1. The van der Waals surface area contributed by atoms with Crippen LogP contribution >= 0.6 is 0 Å². The predicted octanol–water partition coefficient (Wildman–Crippen LogP) is 2.14. The zero-order valence-corrected chi connectivity index (χ0v) is 9.51. The highest BCUT2D eigenvalue weighted by Crippen LogP contribution is 2.26. The van der Waals surface area contributed by atoms with Crippen molar-refractivity contribution in [3.63, 3.8) is 0 Å². The van der Waals surface area contributed by atoms with Crippen LogP contribution in [-0.4, -0.2) is 28.0 Å². The lowest BCUT2D eigenvalue weighted by Crippen LogP contribution is -2.22. The minimum atomic E-state index is -0.568. The van der Waals surface area contributed by atoms with Crippen molar-refractivity contribution in [2.75, 3.05) is 13.1 Å². The van der Waals surface area contributed by atoms with E-state index in [1.165, 1.54) is 12.1 Å². The summed E-state index contributed by atoms with van der Waals surface area (Å²) >= 11 is 0. The molecule has 5 heteroatoms. The lowest BCUT2D eigenvalue weighted by Gasteiger charge is -2.17. The first kappa shape index (κ1) is 12.4. The van der Waals surface area contributed by atoms with Gasteiger partial charge in [-0.3, -0.25) is 15.0 Å². The van der Waals surface area contributed by atoms with Gasteiger partial charge in [-0.25, -0.2) is 0 Å². The van der Waals surface area contributed by atoms with Crippen LogP contribution in [0.15, 0.2) is 18.2 Å². The second kappa shape index (κ2) is 5.46. The van der Waals surface area contributed by atoms with Gasteiger partial charge < -0.3 is 5.11 Å². The third kappa shape index (κ3) is 2.93. The Hall–Kier alpha value is -1.62. The van der Waals surface area contributed by atoms with Gasteiger partial charge in [-0.2, -0.15) is 0 Å². The van der Waals surface area contributed by atoms with Gasteiger partial charge in [0.25, 0.3) is 0 Å². The summed E-state index contributed by atoms with van der Waals surface area (Å²) in [5.74, 6) is -0.284. The quantitative estimate of drug-likeness (QED) is 0.614. The number of rotatable bonds is 5. The Kier molecular flexibility index (Phi) is 4.25. The summed E-state index contributed by atoms with van der Waals surface area (Å²) in [6, 6.07) is 4.51. The van der Waals surface area contributed by atoms with Gasteiger partial charge in [0.05, 0.1) is 4.92 Å². The third-order valence-corrected chi connectivity index (χ3v) is 2.54. The van der Waals surface area contributed by atoms with Gasteiger partial charge in [-0.05, 0) is 24.7 Å². The largest absolute Gasteiger partial charge is 0.502 e. The van der Waals surface area contributed by atoms with Gasteiger partial charge in [0.2, 0.25) is 0 Å². The first-order chi connectivity index (χ1) is 7.58. The minimum absolute atomic E-state index is 0.232. The third-order valence-electron chi connectivity index (χ3n) is 2.54. The highest BCUT2D eigenvalue weighted by atomic mass is 16.6. The molecule has 1 aromatic carbocycles. The van der Waals surface area contributed by atoms with Gasteiger partial charge in [0.15, 0.2) is 5.75 Å². The lowest BCUT2D eigenvalue weighted by atomic mass is 10.1. The predicted molar refractivity (Wildman–Crippen MR) is 61.4 cm³/mol. The lowest BCUT2D eigenvalue weighted by molar-refractivity contribution is -0.385. The van der Waals surface area contributed by atoms with E-state index in [0.29, 0.717) is 6.54 Å². The standard InChI is InChI=1S/C11H16N2O3/c1-3-12(4-2)8-9-5-6-11(14)10(7-9)13(15)16/h5-7,14H,3-4,8H2,1-2H3. The summed E-state index contributed by atoms with van der Waals surface area (Å²) in [6.07, 6.45) is 0. The Balaban J connectivity index is 2.90. The van der Waals surface area contributed by atoms with Crippen molar-refractivity contribution in [3.8, 4) is 5.75 Å². The molecular formula is C11H16N2O3. The molecule has 0 aliphatic rings. The first-order valence-electron chi connectivity index (χ1n) is 5.27. The molecule has 0 aromatic heterocycles. The van der Waals surface area contributed by atoms with Crippen LogP contribution in [0.2, 0.25) is 0 Å². The Morgan fingerprint density at radius 2 is 2.00 bits per heavy atom. The van der Waals surface area contributed by atoms with E-state index in [-0.39, 0.29) is 11.4 Å². The molecule has 0 bridgehead atoms. The maximum Gasteiger partial charge on any atom is 0.311 e. The molecule has 0 atom stereocenters. The minimum Gasteiger partial charge on any atom is -0.502 e. The molecule has 0 fully saturated rings. The highest BCUT2D eigenvalue weighted by Gasteiger charge is 2.14. The molecule has 0 amide bonds. The van der Waals surface area contributed by atoms with Crippen molar-refractivity contribution in [3.05, 3.63) is 33.9 Å². The Labute approximate surface area is 94.5 Å². The smallest absolute Gasteiger partial charge is 0.311 e. The van der Waals surface area contributed by atoms with Crippen molar-refractivity contribution in [2.24, 2.45) is 0 Å². The van der Waals surface area contributed by atoms with Gasteiger partial charge in [0, 0.05) is 12.6 Å². The highest BCUT2D eigenvalue weighted by molar-refractivity contribution is 5.47. The number of aromatic hydroxyl groups is 1. The molecule has 16 heavy (non-hydrogen) atoms. The number of nitro benzene ring substituents is 1. The van der Waals surface area contributed by atoms with Gasteiger partial charge in [0.1, 0.15) is 0 Å². The summed E-state index contributed by atoms with van der Waals surface area (Å²) in [4.78, 5) is 12.2. The van der Waals surface area contributed by atoms with E-state index in [9.17, 15) is 15.2 Å². The molecule has 0 radical (unpaired) electrons. The first-order valence-corrected chi connectivity index (χ1v) is 5.27. The van der Waals surface area contributed by atoms with Gasteiger partial charge in [-0.15, -0.1) is 0 Å². The number of benzene rings is 1. The van der Waals surface area contributed by atoms with Crippen molar-refractivity contribution in [1.29, 1.82) is 0 Å². The van der Waals surface area contributed by atoms with Crippen LogP contribution in [0, 0.1) is 10.1 Å². The number of hydrogen-bond donors (Lipinski definition) is 1. The second-order valence-electron chi connectivity index (χ2n) is 3.54. The fourth-order valence-corrected chi connectivity index (χ4v) is 1.52. The second-order valence-corrected chi connectivity index (χ2v) is 3.54. The monoisotopic (exact) mass is 224 g/mol. The maximum absolute atomic E-state index is 10.6. The Morgan fingerprint density at radius 3 is 2.50 bits per heavy atom. The van der Waals surface area contributed by atoms with Crippen LogP contribution in [-0.2, 0) is 6.54 Å². The zero-order valence-electron chi connectivity index (χ0n) is 9.51. The fraction of sp³-hybridized carbons (Fsp3) is 0.455. The van der Waals surface area contributed by atoms with E-state index in [1.807, 2.05) is 13.8 Å². The Morgan fingerprint density at radius 1 is 1.38 bits per heavy atom. The normalized spacial score (nSPS) is 10.7. The number of hydrogen-bond acceptors (Lipinski definition) is 4. The summed E-state index contributed by atoms with van der Waals surface area (Å²) in [7, 11) is 0. The van der Waals surface area contributed by atoms with Crippen LogP contribution in [0.3, 0.4) is 0 Å². The SMILES string of the molecule is CCN(CC)Cc1ccc(O)c([N+](=O)[O-])c1. The van der Waals surface area contributed by atoms with Crippen molar-refractivity contribution >= 4 is 5.69 Å². The van der Waals surface area contributed by atoms with E-state index >= 15 is 0 Å². The number of phenolic OH excluding ortho intramolecular Hbond substituents is 1. The summed E-state index contributed by atoms with van der Waals surface area (Å²) in [6.45, 7) is 6.53. The van der Waals surface area contributed by atoms with Gasteiger partial charge in [-0.1, -0.05) is 19.9 Å². The van der Waals surface area contributed by atoms with Gasteiger partial charge >= 0.3 is 5.69 Å². The molecule has 1 N–H and O–H groups in total. The molecule has 0 spiro atoms. The average molecular weight is 224 g/mol. The summed E-state index contributed by atoms with van der Waals surface area (Å²) < 4.78 is 0. The molecule has 0 unspecified atom stereocenters. The zero-order chi connectivity index (χ0) is 12.1. The Bertz CT molecular complexity index is 375. The molecule has 1 aromatic rings. The van der Waals surface area contributed by atoms with Crippen molar-refractivity contribution < 1.29 is 10.0 Å². The van der Waals surface area contributed by atoms with Crippen LogP contribution in [0.1, 0.15) is 19.4 Å². The molecule has 0 aliphatic carbocycles. The average Bonchev–Trinajstić information content (AvgIpc) is 2.27. The van der Waals surface area contributed by atoms with E-state index in [4.69, 9.17) is 0 Å².